The van der Waals surface area contributed by atoms with Gasteiger partial charge in [-0.3, -0.25) is 0 Å². The van der Waals surface area contributed by atoms with Crippen LogP contribution < -0.4 is 4.74 Å². The summed E-state index contributed by atoms with van der Waals surface area (Å²) in [6.07, 6.45) is 2.44. The first-order chi connectivity index (χ1) is 9.54. The fraction of sp³-hybridized carbons (Fsp3) is 0.500. The Kier molecular flexibility index (Phi) is 6.15. The maximum absolute atomic E-state index is 12.9. The van der Waals surface area contributed by atoms with Crippen LogP contribution in [0, 0.1) is 0 Å². The van der Waals surface area contributed by atoms with Crippen molar-refractivity contribution >= 4 is 13.3 Å². The van der Waals surface area contributed by atoms with Gasteiger partial charge in [0.2, 0.25) is 0 Å². The van der Waals surface area contributed by atoms with Crippen molar-refractivity contribution in [2.24, 2.45) is 0 Å². The molecule has 0 bridgehead atoms. The van der Waals surface area contributed by atoms with Gasteiger partial charge in [0, 0.05) is 25.5 Å². The van der Waals surface area contributed by atoms with Gasteiger partial charge in [-0.2, -0.15) is 0 Å². The van der Waals surface area contributed by atoms with E-state index in [2.05, 4.69) is 0 Å². The Hall–Kier alpha value is -1.41. The number of methoxy groups -OCH3 is 2. The molecule has 1 aromatic carbocycles. The molecule has 0 aliphatic rings. The standard InChI is InChI=1S/C14H20O5P/c1-5-20(16,6-2)14(18-4)11-7-12(17-3)9-13(8-11)19-10-15/h7-9,14H,5-6H2,1-4H3/q+1. The average Bonchev–Trinajstić information content (AvgIpc) is 2.47. The van der Waals surface area contributed by atoms with E-state index in [4.69, 9.17) is 13.9 Å². The molecule has 0 amide bonds. The van der Waals surface area contributed by atoms with E-state index < -0.39 is 13.0 Å². The first kappa shape index (κ1) is 16.6. The fourth-order valence-corrected chi connectivity index (χ4v) is 4.30. The Bertz CT molecular complexity index is 540. The van der Waals surface area contributed by atoms with Crippen molar-refractivity contribution in [3.63, 3.8) is 0 Å². The molecule has 1 aromatic rings. The van der Waals surface area contributed by atoms with Crippen LogP contribution in [0.2, 0.25) is 0 Å². The van der Waals surface area contributed by atoms with Crippen molar-refractivity contribution in [3.8, 4) is 11.5 Å². The molecule has 1 atom stereocenters. The van der Waals surface area contributed by atoms with Crippen LogP contribution in [-0.4, -0.2) is 32.7 Å². The van der Waals surface area contributed by atoms with E-state index in [-0.39, 0.29) is 5.75 Å². The minimum Gasteiger partial charge on any atom is -0.497 e. The second kappa shape index (κ2) is 7.39. The Labute approximate surface area is 119 Å². The number of hydrogen-bond donors (Lipinski definition) is 0. The third kappa shape index (κ3) is 3.57. The third-order valence-electron chi connectivity index (χ3n) is 3.30. The Morgan fingerprint density at radius 1 is 1.25 bits per heavy atom. The lowest BCUT2D eigenvalue weighted by Gasteiger charge is -2.25. The highest BCUT2D eigenvalue weighted by atomic mass is 31.2. The summed E-state index contributed by atoms with van der Waals surface area (Å²) < 4.78 is 28.2. The highest BCUT2D eigenvalue weighted by Gasteiger charge is 2.32. The predicted molar refractivity (Wildman–Crippen MR) is 75.9 cm³/mol. The van der Waals surface area contributed by atoms with Crippen LogP contribution in [0.3, 0.4) is 0 Å². The molecule has 0 saturated carbocycles. The van der Waals surface area contributed by atoms with Crippen LogP contribution in [0.1, 0.15) is 25.3 Å². The summed E-state index contributed by atoms with van der Waals surface area (Å²) in [7, 11) is 0.517. The van der Waals surface area contributed by atoms with E-state index in [9.17, 15) is 9.36 Å². The van der Waals surface area contributed by atoms with Gasteiger partial charge in [-0.15, -0.1) is 0 Å². The molecule has 0 heterocycles. The van der Waals surface area contributed by atoms with E-state index in [1.54, 1.807) is 18.2 Å². The summed E-state index contributed by atoms with van der Waals surface area (Å²) in [4.78, 5) is 10.4. The highest BCUT2D eigenvalue weighted by molar-refractivity contribution is 7.64. The molecule has 0 N–H and O–H groups in total. The summed E-state index contributed by atoms with van der Waals surface area (Å²) >= 11 is 0. The summed E-state index contributed by atoms with van der Waals surface area (Å²) in [5.41, 5.74) is 0.670. The summed E-state index contributed by atoms with van der Waals surface area (Å²) in [5.74, 6) is 0.255. The maximum atomic E-state index is 12.9. The van der Waals surface area contributed by atoms with E-state index in [0.717, 1.165) is 0 Å². The van der Waals surface area contributed by atoms with Gasteiger partial charge in [0.1, 0.15) is 23.5 Å². The molecular formula is C14H20O5P+. The minimum absolute atomic E-state index is 0.287. The molecule has 0 spiro atoms. The maximum Gasteiger partial charge on any atom is 0.669 e. The third-order valence-corrected chi connectivity index (χ3v) is 6.81. The molecule has 6 heteroatoms. The lowest BCUT2D eigenvalue weighted by Crippen LogP contribution is -2.07. The predicted octanol–water partition coefficient (Wildman–Crippen LogP) is 3.42. The van der Waals surface area contributed by atoms with E-state index in [1.165, 1.54) is 20.4 Å². The first-order valence-corrected chi connectivity index (χ1v) is 8.52. The second-order valence-corrected chi connectivity index (χ2v) is 7.94. The molecule has 0 aliphatic heterocycles. The van der Waals surface area contributed by atoms with Gasteiger partial charge in [0.25, 0.3) is 5.75 Å². The number of carbonyl (C=O) groups excluding carboxylic acids is 2. The zero-order valence-electron chi connectivity index (χ0n) is 12.2. The summed E-state index contributed by atoms with van der Waals surface area (Å²) in [6, 6.07) is 4.92. The molecule has 1 rings (SSSR count). The van der Waals surface area contributed by atoms with Crippen molar-refractivity contribution < 1.29 is 23.3 Å². The molecule has 0 fully saturated rings. The highest BCUT2D eigenvalue weighted by Crippen LogP contribution is 2.59. The van der Waals surface area contributed by atoms with Gasteiger partial charge in [-0.1, -0.05) is 13.8 Å². The van der Waals surface area contributed by atoms with Gasteiger partial charge >= 0.3 is 6.15 Å². The SMILES string of the molecule is CCP(=O)(CC)C(OC)c1cc(OC)cc([O+]=C=O)c1. The van der Waals surface area contributed by atoms with Crippen LogP contribution in [-0.2, 0) is 18.5 Å². The van der Waals surface area contributed by atoms with Crippen molar-refractivity contribution in [3.05, 3.63) is 23.8 Å². The van der Waals surface area contributed by atoms with Crippen LogP contribution in [0.25, 0.3) is 0 Å². The largest absolute Gasteiger partial charge is 0.669 e. The number of ether oxygens (including phenoxy) is 2. The van der Waals surface area contributed by atoms with Crippen LogP contribution >= 0.6 is 7.14 Å². The van der Waals surface area contributed by atoms with E-state index in [1.807, 2.05) is 13.8 Å². The van der Waals surface area contributed by atoms with Gasteiger partial charge in [0.05, 0.1) is 13.2 Å². The molecule has 1 unspecified atom stereocenters. The number of benzene rings is 1. The average molecular weight is 299 g/mol. The van der Waals surface area contributed by atoms with Crippen molar-refractivity contribution in [2.45, 2.75) is 19.7 Å². The normalized spacial score (nSPS) is 12.6. The van der Waals surface area contributed by atoms with Crippen LogP contribution in [0.5, 0.6) is 11.5 Å². The van der Waals surface area contributed by atoms with Crippen LogP contribution in [0.15, 0.2) is 18.2 Å². The molecule has 0 aromatic heterocycles. The number of rotatable bonds is 7. The topological polar surface area (TPSA) is 63.9 Å². The Morgan fingerprint density at radius 3 is 2.35 bits per heavy atom. The molecular weight excluding hydrogens is 279 g/mol. The quantitative estimate of drug-likeness (QED) is 0.571. The van der Waals surface area contributed by atoms with E-state index >= 15 is 0 Å². The van der Waals surface area contributed by atoms with Crippen molar-refractivity contribution in [1.29, 1.82) is 0 Å². The first-order valence-electron chi connectivity index (χ1n) is 6.38. The lowest BCUT2D eigenvalue weighted by molar-refractivity contribution is -0.381. The van der Waals surface area contributed by atoms with Crippen molar-refractivity contribution in [1.82, 2.24) is 0 Å². The zero-order valence-corrected chi connectivity index (χ0v) is 13.1. The molecule has 20 heavy (non-hydrogen) atoms. The Balaban J connectivity index is 3.37. The molecule has 0 aliphatic carbocycles. The van der Waals surface area contributed by atoms with Gasteiger partial charge in [-0.25, -0.2) is 4.42 Å². The Morgan fingerprint density at radius 2 is 1.90 bits per heavy atom. The van der Waals surface area contributed by atoms with Gasteiger partial charge < -0.3 is 14.0 Å². The summed E-state index contributed by atoms with van der Waals surface area (Å²) in [6.45, 7) is 3.76. The lowest BCUT2D eigenvalue weighted by atomic mass is 10.2. The van der Waals surface area contributed by atoms with Crippen LogP contribution in [0.4, 0.5) is 0 Å². The summed E-state index contributed by atoms with van der Waals surface area (Å²) in [5, 5.41) is 0. The molecule has 0 saturated heterocycles. The fourth-order valence-electron chi connectivity index (χ4n) is 2.12. The zero-order chi connectivity index (χ0) is 15.2. The monoisotopic (exact) mass is 299 g/mol. The van der Waals surface area contributed by atoms with Gasteiger partial charge in [0.15, 0.2) is 0 Å². The van der Waals surface area contributed by atoms with E-state index in [0.29, 0.717) is 23.6 Å². The number of hydrogen-bond acceptors (Lipinski definition) is 4. The minimum atomic E-state index is -2.51. The van der Waals surface area contributed by atoms with Crippen molar-refractivity contribution in [2.75, 3.05) is 26.5 Å². The molecule has 0 radical (unpaired) electrons. The second-order valence-electron chi connectivity index (χ2n) is 4.30. The molecule has 5 nitrogen and oxygen atoms in total. The smallest absolute Gasteiger partial charge is 0.497 e. The molecule has 110 valence electrons. The van der Waals surface area contributed by atoms with Gasteiger partial charge in [-0.05, 0) is 11.6 Å².